The van der Waals surface area contributed by atoms with Crippen molar-refractivity contribution in [3.8, 4) is 0 Å². The van der Waals surface area contributed by atoms with Crippen molar-refractivity contribution in [3.05, 3.63) is 6.92 Å². The molecule has 0 spiro atoms. The number of rotatable bonds is 1. The minimum absolute atomic E-state index is 0.0228. The lowest BCUT2D eigenvalue weighted by Gasteiger charge is -2.52. The zero-order valence-electron chi connectivity index (χ0n) is 7.76. The Bertz CT molecular complexity index is 166. The Morgan fingerprint density at radius 2 is 2.00 bits per heavy atom. The van der Waals surface area contributed by atoms with E-state index in [4.69, 9.17) is 12.7 Å². The van der Waals surface area contributed by atoms with Crippen LogP contribution in [0.5, 0.6) is 0 Å². The summed E-state index contributed by atoms with van der Waals surface area (Å²) in [5, 5.41) is 0. The van der Waals surface area contributed by atoms with Gasteiger partial charge in [0.25, 0.3) is 0 Å². The fourth-order valence-electron chi connectivity index (χ4n) is 3.10. The van der Waals surface area contributed by atoms with Gasteiger partial charge >= 0.3 is 0 Å². The molecule has 0 unspecified atom stereocenters. The molecule has 0 aromatic heterocycles. The van der Waals surface area contributed by atoms with Crippen LogP contribution in [-0.2, 0) is 0 Å². The Morgan fingerprint density at radius 3 is 2.75 bits per heavy atom. The van der Waals surface area contributed by atoms with E-state index in [1.165, 1.54) is 38.5 Å². The van der Waals surface area contributed by atoms with Crippen LogP contribution in [0.3, 0.4) is 0 Å². The molecule has 0 aliphatic heterocycles. The first-order valence-corrected chi connectivity index (χ1v) is 5.25. The van der Waals surface area contributed by atoms with Crippen LogP contribution in [0.2, 0.25) is 0 Å². The average Bonchev–Trinajstić information content (AvgIpc) is 2.26. The van der Waals surface area contributed by atoms with Gasteiger partial charge < -0.3 is 5.73 Å². The maximum Gasteiger partial charge on any atom is -0.00148 e. The molecule has 2 saturated carbocycles. The molecule has 12 heavy (non-hydrogen) atoms. The Kier molecular flexibility index (Phi) is 2.16. The van der Waals surface area contributed by atoms with Gasteiger partial charge in [0, 0.05) is 0 Å². The van der Waals surface area contributed by atoms with E-state index in [-0.39, 0.29) is 5.41 Å². The predicted molar refractivity (Wildman–Crippen MR) is 50.5 cm³/mol. The zero-order valence-corrected chi connectivity index (χ0v) is 7.76. The molecular formula is C11H19N. The van der Waals surface area contributed by atoms with Crippen LogP contribution < -0.4 is 5.73 Å². The summed E-state index contributed by atoms with van der Waals surface area (Å²) in [7, 11) is 0. The third-order valence-corrected chi connectivity index (χ3v) is 3.92. The maximum atomic E-state index is 6.20. The van der Waals surface area contributed by atoms with Gasteiger partial charge in [-0.2, -0.15) is 0 Å². The van der Waals surface area contributed by atoms with Crippen LogP contribution >= 0.6 is 0 Å². The zero-order chi connectivity index (χ0) is 8.60. The van der Waals surface area contributed by atoms with Crippen molar-refractivity contribution in [2.24, 2.45) is 23.0 Å². The van der Waals surface area contributed by atoms with Crippen LogP contribution in [0.15, 0.2) is 0 Å². The minimum atomic E-state index is 0.0228. The first-order chi connectivity index (χ1) is 5.76. The molecule has 68 valence electrons. The molecule has 0 bridgehead atoms. The molecule has 2 aliphatic carbocycles. The number of nitrogens with two attached hydrogens (primary N) is 1. The molecule has 0 saturated heterocycles. The van der Waals surface area contributed by atoms with E-state index >= 15 is 0 Å². The second kappa shape index (κ2) is 3.02. The van der Waals surface area contributed by atoms with E-state index in [0.717, 1.165) is 11.8 Å². The first-order valence-electron chi connectivity index (χ1n) is 5.25. The Labute approximate surface area is 75.7 Å². The van der Waals surface area contributed by atoms with Crippen LogP contribution in [0.1, 0.15) is 38.5 Å². The molecule has 1 nitrogen and oxygen atoms in total. The van der Waals surface area contributed by atoms with Gasteiger partial charge in [-0.25, -0.2) is 0 Å². The molecule has 0 heterocycles. The van der Waals surface area contributed by atoms with Gasteiger partial charge in [-0.3, -0.25) is 0 Å². The lowest BCUT2D eigenvalue weighted by molar-refractivity contribution is -0.000994. The van der Waals surface area contributed by atoms with Crippen molar-refractivity contribution in [2.75, 3.05) is 6.54 Å². The number of hydrogen-bond acceptors (Lipinski definition) is 1. The summed E-state index contributed by atoms with van der Waals surface area (Å²) in [4.78, 5) is 0. The van der Waals surface area contributed by atoms with E-state index < -0.39 is 0 Å². The van der Waals surface area contributed by atoms with E-state index in [1.807, 2.05) is 0 Å². The SMILES string of the molecule is [CH][C@@]1(CN)C[C@H]2CCCCC[C@H]21. The lowest BCUT2D eigenvalue weighted by Crippen LogP contribution is -2.50. The monoisotopic (exact) mass is 165 g/mol. The maximum absolute atomic E-state index is 6.20. The Morgan fingerprint density at radius 1 is 1.25 bits per heavy atom. The summed E-state index contributed by atoms with van der Waals surface area (Å²) in [5.74, 6) is 1.67. The fraction of sp³-hybridized carbons (Fsp3) is 0.909. The van der Waals surface area contributed by atoms with Gasteiger partial charge in [0.15, 0.2) is 0 Å². The van der Waals surface area contributed by atoms with Crippen LogP contribution in [0.25, 0.3) is 0 Å². The first kappa shape index (κ1) is 8.55. The predicted octanol–water partition coefficient (Wildman–Crippen LogP) is 2.24. The van der Waals surface area contributed by atoms with Crippen molar-refractivity contribution in [1.29, 1.82) is 0 Å². The molecule has 0 aromatic rings. The summed E-state index contributed by atoms with van der Waals surface area (Å²) < 4.78 is 0. The average molecular weight is 165 g/mol. The highest BCUT2D eigenvalue weighted by molar-refractivity contribution is 5.03. The Hall–Kier alpha value is -0.0400. The molecule has 2 fully saturated rings. The van der Waals surface area contributed by atoms with Crippen LogP contribution in [0, 0.1) is 24.2 Å². The number of fused-ring (bicyclic) bond motifs is 1. The standard InChI is InChI=1S/C11H19N/c1-11(8-12)7-9-5-3-2-4-6-10(9)11/h1,9-10H,2-8,12H2/t9-,10-,11+/m1/s1. The van der Waals surface area contributed by atoms with Crippen molar-refractivity contribution in [1.82, 2.24) is 0 Å². The second-order valence-electron chi connectivity index (χ2n) is 4.65. The molecule has 2 rings (SSSR count). The van der Waals surface area contributed by atoms with Gasteiger partial charge in [-0.05, 0) is 43.6 Å². The van der Waals surface area contributed by atoms with E-state index in [1.54, 1.807) is 0 Å². The highest BCUT2D eigenvalue weighted by Crippen LogP contribution is 2.55. The third kappa shape index (κ3) is 1.19. The minimum Gasteiger partial charge on any atom is -0.330 e. The molecule has 0 amide bonds. The largest absolute Gasteiger partial charge is 0.330 e. The van der Waals surface area contributed by atoms with E-state index in [9.17, 15) is 0 Å². The summed E-state index contributed by atoms with van der Waals surface area (Å²) >= 11 is 0. The smallest absolute Gasteiger partial charge is 0.00148 e. The van der Waals surface area contributed by atoms with E-state index in [0.29, 0.717) is 6.54 Å². The molecular weight excluding hydrogens is 146 g/mol. The highest BCUT2D eigenvalue weighted by atomic mass is 14.7. The van der Waals surface area contributed by atoms with Gasteiger partial charge in [0.2, 0.25) is 0 Å². The molecule has 3 atom stereocenters. The lowest BCUT2D eigenvalue weighted by atomic mass is 9.53. The molecule has 2 aliphatic rings. The summed E-state index contributed by atoms with van der Waals surface area (Å²) in [6, 6.07) is 0. The fourth-order valence-corrected chi connectivity index (χ4v) is 3.10. The van der Waals surface area contributed by atoms with Gasteiger partial charge in [-0.15, -0.1) is 0 Å². The molecule has 2 radical (unpaired) electrons. The van der Waals surface area contributed by atoms with Crippen molar-refractivity contribution in [2.45, 2.75) is 38.5 Å². The normalized spacial score (nSPS) is 47.5. The van der Waals surface area contributed by atoms with Crippen molar-refractivity contribution < 1.29 is 0 Å². The topological polar surface area (TPSA) is 26.0 Å². The van der Waals surface area contributed by atoms with E-state index in [2.05, 4.69) is 0 Å². The second-order valence-corrected chi connectivity index (χ2v) is 4.65. The number of hydrogen-bond donors (Lipinski definition) is 1. The summed E-state index contributed by atoms with van der Waals surface area (Å²) in [6.45, 7) is 6.89. The highest BCUT2D eigenvalue weighted by Gasteiger charge is 2.49. The van der Waals surface area contributed by atoms with Crippen LogP contribution in [0.4, 0.5) is 0 Å². The van der Waals surface area contributed by atoms with Crippen molar-refractivity contribution >= 4 is 0 Å². The quantitative estimate of drug-likeness (QED) is 0.633. The third-order valence-electron chi connectivity index (χ3n) is 3.92. The molecule has 0 aromatic carbocycles. The molecule has 1 heteroatoms. The molecule has 2 N–H and O–H groups in total. The van der Waals surface area contributed by atoms with Crippen LogP contribution in [-0.4, -0.2) is 6.54 Å². The van der Waals surface area contributed by atoms with Gasteiger partial charge in [0.1, 0.15) is 0 Å². The van der Waals surface area contributed by atoms with Crippen molar-refractivity contribution in [3.63, 3.8) is 0 Å². The summed E-state index contributed by atoms with van der Waals surface area (Å²) in [6.07, 6.45) is 8.13. The summed E-state index contributed by atoms with van der Waals surface area (Å²) in [5.41, 5.74) is 5.72. The van der Waals surface area contributed by atoms with Gasteiger partial charge in [0.05, 0.1) is 0 Å². The Balaban J connectivity index is 2.00. The van der Waals surface area contributed by atoms with Gasteiger partial charge in [-0.1, -0.05) is 25.7 Å².